The van der Waals surface area contributed by atoms with Crippen molar-refractivity contribution in [2.24, 2.45) is 0 Å². The van der Waals surface area contributed by atoms with Crippen molar-refractivity contribution in [2.45, 2.75) is 25.9 Å². The summed E-state index contributed by atoms with van der Waals surface area (Å²) in [7, 11) is 0. The number of hydrogen-bond acceptors (Lipinski definition) is 6. The van der Waals surface area contributed by atoms with E-state index < -0.39 is 5.97 Å². The molecule has 4 aromatic rings. The number of esters is 1. The zero-order valence-electron chi connectivity index (χ0n) is 13.7. The number of carbonyl (C=O) groups excluding carboxylic acids is 1. The van der Waals surface area contributed by atoms with Gasteiger partial charge in [0.05, 0.1) is 5.39 Å². The molecule has 0 aliphatic heterocycles. The monoisotopic (exact) mass is 366 g/mol. The predicted molar refractivity (Wildman–Crippen MR) is 97.6 cm³/mol. The van der Waals surface area contributed by atoms with E-state index in [1.165, 1.54) is 4.88 Å². The van der Waals surface area contributed by atoms with Gasteiger partial charge in [-0.1, -0.05) is 18.2 Å². The fourth-order valence-electron chi connectivity index (χ4n) is 3.40. The van der Waals surface area contributed by atoms with E-state index in [1.54, 1.807) is 23.5 Å². The van der Waals surface area contributed by atoms with Gasteiger partial charge in [-0.25, -0.2) is 9.78 Å². The second kappa shape index (κ2) is 5.81. The smallest absolute Gasteiger partial charge is 0.374 e. The Morgan fingerprint density at radius 2 is 2.19 bits per heavy atom. The number of para-hydroxylation sites is 1. The molecular formula is C19H14N2O4S. The standard InChI is InChI=1S/C19H14N2O4S/c22-17-16-11-5-3-7-14(11)26-18(16)21-15(20-17)9-24-19(23)13-8-10-4-1-2-6-12(10)25-13/h1-2,4,6,8H,3,5,7,9H2,(H,20,21,22). The van der Waals surface area contributed by atoms with Gasteiger partial charge >= 0.3 is 5.97 Å². The Balaban J connectivity index is 1.39. The highest BCUT2D eigenvalue weighted by Gasteiger charge is 2.21. The van der Waals surface area contributed by atoms with Gasteiger partial charge < -0.3 is 14.1 Å². The summed E-state index contributed by atoms with van der Waals surface area (Å²) < 4.78 is 10.8. The lowest BCUT2D eigenvalue weighted by Gasteiger charge is -2.03. The molecule has 0 bridgehead atoms. The fraction of sp³-hybridized carbons (Fsp3) is 0.211. The summed E-state index contributed by atoms with van der Waals surface area (Å²) in [6, 6.07) is 8.99. The molecule has 0 unspecified atom stereocenters. The number of benzene rings is 1. The number of H-pyrrole nitrogens is 1. The van der Waals surface area contributed by atoms with E-state index in [-0.39, 0.29) is 17.9 Å². The molecule has 1 aromatic carbocycles. The molecule has 0 atom stereocenters. The summed E-state index contributed by atoms with van der Waals surface area (Å²) in [5.41, 5.74) is 1.59. The van der Waals surface area contributed by atoms with Crippen molar-refractivity contribution < 1.29 is 13.9 Å². The van der Waals surface area contributed by atoms with Gasteiger partial charge in [-0.3, -0.25) is 4.79 Å². The van der Waals surface area contributed by atoms with Gasteiger partial charge in [-0.15, -0.1) is 11.3 Å². The quantitative estimate of drug-likeness (QED) is 0.560. The van der Waals surface area contributed by atoms with Gasteiger partial charge in [0.25, 0.3) is 5.56 Å². The predicted octanol–water partition coefficient (Wildman–Crippen LogP) is 3.58. The van der Waals surface area contributed by atoms with Crippen LogP contribution in [0.25, 0.3) is 21.2 Å². The minimum Gasteiger partial charge on any atom is -0.452 e. The van der Waals surface area contributed by atoms with Crippen LogP contribution in [-0.2, 0) is 24.2 Å². The summed E-state index contributed by atoms with van der Waals surface area (Å²) in [4.78, 5) is 33.8. The highest BCUT2D eigenvalue weighted by atomic mass is 32.1. The number of fused-ring (bicyclic) bond motifs is 4. The number of nitrogens with zero attached hydrogens (tertiary/aromatic N) is 1. The number of furan rings is 1. The lowest BCUT2D eigenvalue weighted by molar-refractivity contribution is 0.0428. The van der Waals surface area contributed by atoms with Crippen LogP contribution in [0.4, 0.5) is 0 Å². The zero-order chi connectivity index (χ0) is 17.7. The maximum absolute atomic E-state index is 12.4. The molecule has 0 saturated heterocycles. The zero-order valence-corrected chi connectivity index (χ0v) is 14.5. The van der Waals surface area contributed by atoms with E-state index in [4.69, 9.17) is 9.15 Å². The fourth-order valence-corrected chi connectivity index (χ4v) is 4.68. The molecule has 3 aromatic heterocycles. The molecule has 0 spiro atoms. The van der Waals surface area contributed by atoms with E-state index >= 15 is 0 Å². The molecule has 7 heteroatoms. The van der Waals surface area contributed by atoms with Crippen molar-refractivity contribution in [3.8, 4) is 0 Å². The highest BCUT2D eigenvalue weighted by Crippen LogP contribution is 2.34. The molecule has 0 amide bonds. The highest BCUT2D eigenvalue weighted by molar-refractivity contribution is 7.18. The van der Waals surface area contributed by atoms with Crippen LogP contribution in [0.15, 0.2) is 39.5 Å². The topological polar surface area (TPSA) is 85.2 Å². The van der Waals surface area contributed by atoms with Crippen LogP contribution in [0.5, 0.6) is 0 Å². The third-order valence-electron chi connectivity index (χ3n) is 4.59. The molecule has 1 aliphatic rings. The first-order chi connectivity index (χ1) is 12.7. The third kappa shape index (κ3) is 2.43. The number of nitrogens with one attached hydrogen (secondary N) is 1. The van der Waals surface area contributed by atoms with Crippen LogP contribution < -0.4 is 5.56 Å². The number of ether oxygens (including phenoxy) is 1. The van der Waals surface area contributed by atoms with Crippen LogP contribution in [0, 0.1) is 0 Å². The Labute approximate surface area is 151 Å². The molecule has 6 nitrogen and oxygen atoms in total. The number of rotatable bonds is 3. The van der Waals surface area contributed by atoms with Crippen LogP contribution in [-0.4, -0.2) is 15.9 Å². The Bertz CT molecular complexity index is 1180. The third-order valence-corrected chi connectivity index (χ3v) is 5.78. The first-order valence-corrected chi connectivity index (χ1v) is 9.20. The first-order valence-electron chi connectivity index (χ1n) is 8.38. The van der Waals surface area contributed by atoms with Crippen molar-refractivity contribution in [2.75, 3.05) is 0 Å². The molecule has 0 fully saturated rings. The van der Waals surface area contributed by atoms with Crippen molar-refractivity contribution in [3.05, 3.63) is 62.7 Å². The van der Waals surface area contributed by atoms with Gasteiger partial charge in [-0.05, 0) is 37.0 Å². The van der Waals surface area contributed by atoms with E-state index in [1.807, 2.05) is 18.2 Å². The molecule has 0 saturated carbocycles. The average molecular weight is 366 g/mol. The maximum atomic E-state index is 12.4. The molecular weight excluding hydrogens is 352 g/mol. The van der Waals surface area contributed by atoms with Gasteiger partial charge in [0.2, 0.25) is 5.76 Å². The second-order valence-corrected chi connectivity index (χ2v) is 7.36. The lowest BCUT2D eigenvalue weighted by atomic mass is 10.2. The Kier molecular flexibility index (Phi) is 3.43. The number of hydrogen-bond donors (Lipinski definition) is 1. The molecule has 26 heavy (non-hydrogen) atoms. The second-order valence-electron chi connectivity index (χ2n) is 6.27. The molecule has 5 rings (SSSR count). The van der Waals surface area contributed by atoms with Crippen molar-refractivity contribution >= 4 is 38.5 Å². The first kappa shape index (κ1) is 15.3. The van der Waals surface area contributed by atoms with Gasteiger partial charge in [0.15, 0.2) is 0 Å². The Morgan fingerprint density at radius 1 is 1.31 bits per heavy atom. The number of carbonyl (C=O) groups is 1. The average Bonchev–Trinajstić information content (AvgIpc) is 3.32. The van der Waals surface area contributed by atoms with Crippen LogP contribution >= 0.6 is 11.3 Å². The molecule has 130 valence electrons. The van der Waals surface area contributed by atoms with E-state index in [9.17, 15) is 9.59 Å². The van der Waals surface area contributed by atoms with E-state index in [0.717, 1.165) is 30.2 Å². The summed E-state index contributed by atoms with van der Waals surface area (Å²) in [5, 5.41) is 1.52. The van der Waals surface area contributed by atoms with Crippen LogP contribution in [0.2, 0.25) is 0 Å². The minimum absolute atomic E-state index is 0.108. The Morgan fingerprint density at radius 3 is 3.08 bits per heavy atom. The summed E-state index contributed by atoms with van der Waals surface area (Å²) in [5.74, 6) is -0.116. The number of aromatic nitrogens is 2. The molecule has 3 heterocycles. The lowest BCUT2D eigenvalue weighted by Crippen LogP contribution is -2.14. The number of aryl methyl sites for hydroxylation is 2. The van der Waals surface area contributed by atoms with Gasteiger partial charge in [0.1, 0.15) is 22.8 Å². The normalized spacial score (nSPS) is 13.4. The van der Waals surface area contributed by atoms with E-state index in [2.05, 4.69) is 9.97 Å². The van der Waals surface area contributed by atoms with Crippen molar-refractivity contribution in [1.82, 2.24) is 9.97 Å². The Hall–Kier alpha value is -2.93. The van der Waals surface area contributed by atoms with Gasteiger partial charge in [0, 0.05) is 10.3 Å². The van der Waals surface area contributed by atoms with E-state index in [0.29, 0.717) is 21.6 Å². The summed E-state index contributed by atoms with van der Waals surface area (Å²) in [6.07, 6.45) is 3.03. The molecule has 1 aliphatic carbocycles. The van der Waals surface area contributed by atoms with Crippen molar-refractivity contribution in [1.29, 1.82) is 0 Å². The van der Waals surface area contributed by atoms with Crippen LogP contribution in [0.1, 0.15) is 33.2 Å². The summed E-state index contributed by atoms with van der Waals surface area (Å²) in [6.45, 7) is -0.108. The van der Waals surface area contributed by atoms with Crippen molar-refractivity contribution in [3.63, 3.8) is 0 Å². The molecule has 0 radical (unpaired) electrons. The maximum Gasteiger partial charge on any atom is 0.374 e. The SMILES string of the molecule is O=C(OCc1nc2sc3c(c2c(=O)[nH]1)CCC3)c1cc2ccccc2o1. The minimum atomic E-state index is -0.586. The summed E-state index contributed by atoms with van der Waals surface area (Å²) >= 11 is 1.56. The number of aromatic amines is 1. The van der Waals surface area contributed by atoms with Gasteiger partial charge in [-0.2, -0.15) is 0 Å². The number of thiophene rings is 1. The molecule has 1 N–H and O–H groups in total. The van der Waals surface area contributed by atoms with Crippen LogP contribution in [0.3, 0.4) is 0 Å². The largest absolute Gasteiger partial charge is 0.452 e.